The van der Waals surface area contributed by atoms with Crippen LogP contribution in [0.1, 0.15) is 58.8 Å². The monoisotopic (exact) mass is 294 g/mol. The molecule has 1 rings (SSSR count). The molecular formula is C18H30O3. The lowest BCUT2D eigenvalue weighted by Gasteiger charge is -2.38. The van der Waals surface area contributed by atoms with Gasteiger partial charge in [-0.3, -0.25) is 4.79 Å². The SMILES string of the molecule is CCCCCCC1(C(=O)O)C=CC=C(CC)C1CCOC. The van der Waals surface area contributed by atoms with Crippen molar-refractivity contribution < 1.29 is 14.6 Å². The second-order valence-corrected chi connectivity index (χ2v) is 5.94. The first-order valence-corrected chi connectivity index (χ1v) is 8.23. The molecule has 0 saturated carbocycles. The van der Waals surface area contributed by atoms with Crippen molar-refractivity contribution in [1.82, 2.24) is 0 Å². The van der Waals surface area contributed by atoms with Gasteiger partial charge < -0.3 is 9.84 Å². The van der Waals surface area contributed by atoms with E-state index >= 15 is 0 Å². The van der Waals surface area contributed by atoms with Crippen molar-refractivity contribution in [2.24, 2.45) is 11.3 Å². The Balaban J connectivity index is 2.93. The first kappa shape index (κ1) is 18.0. The van der Waals surface area contributed by atoms with E-state index in [1.54, 1.807) is 7.11 Å². The smallest absolute Gasteiger partial charge is 0.314 e. The van der Waals surface area contributed by atoms with Gasteiger partial charge in [-0.05, 0) is 19.3 Å². The summed E-state index contributed by atoms with van der Waals surface area (Å²) in [6, 6.07) is 0. The Bertz CT molecular complexity index is 384. The van der Waals surface area contributed by atoms with E-state index in [-0.39, 0.29) is 5.92 Å². The molecular weight excluding hydrogens is 264 g/mol. The van der Waals surface area contributed by atoms with Crippen LogP contribution >= 0.6 is 0 Å². The van der Waals surface area contributed by atoms with Gasteiger partial charge in [-0.1, -0.05) is 63.3 Å². The second-order valence-electron chi connectivity index (χ2n) is 5.94. The van der Waals surface area contributed by atoms with E-state index in [1.807, 2.05) is 12.2 Å². The molecule has 0 aliphatic heterocycles. The van der Waals surface area contributed by atoms with Crippen LogP contribution < -0.4 is 0 Å². The first-order valence-electron chi connectivity index (χ1n) is 8.23. The van der Waals surface area contributed by atoms with Gasteiger partial charge in [0.2, 0.25) is 0 Å². The summed E-state index contributed by atoms with van der Waals surface area (Å²) in [7, 11) is 1.68. The number of rotatable bonds is 10. The molecule has 0 aromatic heterocycles. The zero-order valence-corrected chi connectivity index (χ0v) is 13.7. The standard InChI is InChI=1S/C18H30O3/c1-4-6-7-8-12-18(17(19)20)13-9-10-15(5-2)16(18)11-14-21-3/h9-10,13,16H,4-8,11-12,14H2,1-3H3,(H,19,20). The van der Waals surface area contributed by atoms with Gasteiger partial charge in [0.15, 0.2) is 0 Å². The average Bonchev–Trinajstić information content (AvgIpc) is 2.49. The molecule has 0 spiro atoms. The van der Waals surface area contributed by atoms with Crippen molar-refractivity contribution in [2.45, 2.75) is 58.8 Å². The van der Waals surface area contributed by atoms with E-state index < -0.39 is 11.4 Å². The number of ether oxygens (including phenoxy) is 1. The van der Waals surface area contributed by atoms with Crippen molar-refractivity contribution >= 4 is 5.97 Å². The van der Waals surface area contributed by atoms with Crippen LogP contribution in [0.25, 0.3) is 0 Å². The molecule has 1 aliphatic carbocycles. The van der Waals surface area contributed by atoms with E-state index in [4.69, 9.17) is 4.74 Å². The van der Waals surface area contributed by atoms with Crippen LogP contribution in [0.2, 0.25) is 0 Å². The van der Waals surface area contributed by atoms with Gasteiger partial charge in [0, 0.05) is 19.6 Å². The van der Waals surface area contributed by atoms with Crippen molar-refractivity contribution in [3.8, 4) is 0 Å². The van der Waals surface area contributed by atoms with Gasteiger partial charge in [-0.15, -0.1) is 0 Å². The maximum absolute atomic E-state index is 12.1. The quantitative estimate of drug-likeness (QED) is 0.600. The highest BCUT2D eigenvalue weighted by Crippen LogP contribution is 2.45. The van der Waals surface area contributed by atoms with E-state index in [0.29, 0.717) is 6.61 Å². The molecule has 0 aromatic rings. The molecule has 0 saturated heterocycles. The minimum Gasteiger partial charge on any atom is -0.481 e. The Morgan fingerprint density at radius 3 is 2.67 bits per heavy atom. The van der Waals surface area contributed by atoms with E-state index in [2.05, 4.69) is 19.9 Å². The van der Waals surface area contributed by atoms with Crippen LogP contribution in [0.5, 0.6) is 0 Å². The number of carbonyl (C=O) groups is 1. The number of hydrogen-bond acceptors (Lipinski definition) is 2. The Hall–Kier alpha value is -1.09. The van der Waals surface area contributed by atoms with Crippen molar-refractivity contribution in [1.29, 1.82) is 0 Å². The Morgan fingerprint density at radius 2 is 2.10 bits per heavy atom. The molecule has 0 bridgehead atoms. The number of methoxy groups -OCH3 is 1. The average molecular weight is 294 g/mol. The van der Waals surface area contributed by atoms with E-state index in [1.165, 1.54) is 18.4 Å². The summed E-state index contributed by atoms with van der Waals surface area (Å²) >= 11 is 0. The van der Waals surface area contributed by atoms with Crippen LogP contribution in [0, 0.1) is 11.3 Å². The fourth-order valence-electron chi connectivity index (χ4n) is 3.38. The molecule has 0 aromatic carbocycles. The highest BCUT2D eigenvalue weighted by molar-refractivity contribution is 5.79. The number of hydrogen-bond donors (Lipinski definition) is 1. The summed E-state index contributed by atoms with van der Waals surface area (Å²) in [4.78, 5) is 12.1. The second kappa shape index (κ2) is 9.04. The minimum atomic E-state index is -0.744. The largest absolute Gasteiger partial charge is 0.481 e. The lowest BCUT2D eigenvalue weighted by Crippen LogP contribution is -2.40. The Kier molecular flexibility index (Phi) is 7.73. The third kappa shape index (κ3) is 4.44. The van der Waals surface area contributed by atoms with E-state index in [0.717, 1.165) is 32.1 Å². The lowest BCUT2D eigenvalue weighted by atomic mass is 9.64. The van der Waals surface area contributed by atoms with Crippen molar-refractivity contribution in [3.63, 3.8) is 0 Å². The highest BCUT2D eigenvalue weighted by atomic mass is 16.5. The molecule has 21 heavy (non-hydrogen) atoms. The zero-order valence-electron chi connectivity index (χ0n) is 13.7. The highest BCUT2D eigenvalue weighted by Gasteiger charge is 2.45. The normalized spacial score (nSPS) is 24.9. The van der Waals surface area contributed by atoms with Gasteiger partial charge in [0.25, 0.3) is 0 Å². The molecule has 0 heterocycles. The van der Waals surface area contributed by atoms with Gasteiger partial charge >= 0.3 is 5.97 Å². The summed E-state index contributed by atoms with van der Waals surface area (Å²) in [6.07, 6.45) is 12.8. The fourth-order valence-corrected chi connectivity index (χ4v) is 3.38. The van der Waals surface area contributed by atoms with Crippen LogP contribution in [0.15, 0.2) is 23.8 Å². The molecule has 3 nitrogen and oxygen atoms in total. The molecule has 3 heteroatoms. The molecule has 1 aliphatic rings. The topological polar surface area (TPSA) is 46.5 Å². The van der Waals surface area contributed by atoms with Crippen molar-refractivity contribution in [3.05, 3.63) is 23.8 Å². The summed E-state index contributed by atoms with van der Waals surface area (Å²) in [6.45, 7) is 4.89. The maximum atomic E-state index is 12.1. The van der Waals surface area contributed by atoms with Crippen LogP contribution in [-0.2, 0) is 9.53 Å². The molecule has 0 fully saturated rings. The van der Waals surface area contributed by atoms with Crippen LogP contribution in [0.4, 0.5) is 0 Å². The summed E-state index contributed by atoms with van der Waals surface area (Å²) in [5.41, 5.74) is 0.499. The fraction of sp³-hybridized carbons (Fsp3) is 0.722. The predicted octanol–water partition coefficient (Wildman–Crippen LogP) is 4.59. The predicted molar refractivity (Wildman–Crippen MR) is 86.3 cm³/mol. The van der Waals surface area contributed by atoms with Crippen LogP contribution in [-0.4, -0.2) is 24.8 Å². The zero-order chi connectivity index (χ0) is 15.7. The van der Waals surface area contributed by atoms with Gasteiger partial charge in [0.05, 0.1) is 5.41 Å². The van der Waals surface area contributed by atoms with Gasteiger partial charge in [-0.2, -0.15) is 0 Å². The van der Waals surface area contributed by atoms with Gasteiger partial charge in [0.1, 0.15) is 0 Å². The lowest BCUT2D eigenvalue weighted by molar-refractivity contribution is -0.149. The number of carboxylic acid groups (broad SMARTS) is 1. The molecule has 120 valence electrons. The summed E-state index contributed by atoms with van der Waals surface area (Å²) in [5.74, 6) is -0.623. The number of aliphatic carboxylic acids is 1. The first-order chi connectivity index (χ1) is 10.1. The van der Waals surface area contributed by atoms with Gasteiger partial charge in [-0.25, -0.2) is 0 Å². The number of allylic oxidation sites excluding steroid dienone is 3. The number of carboxylic acids is 1. The molecule has 0 radical (unpaired) electrons. The van der Waals surface area contributed by atoms with Crippen LogP contribution in [0.3, 0.4) is 0 Å². The third-order valence-corrected chi connectivity index (χ3v) is 4.63. The van der Waals surface area contributed by atoms with E-state index in [9.17, 15) is 9.90 Å². The third-order valence-electron chi connectivity index (χ3n) is 4.63. The molecule has 2 atom stereocenters. The minimum absolute atomic E-state index is 0.0616. The maximum Gasteiger partial charge on any atom is 0.314 e. The Morgan fingerprint density at radius 1 is 1.33 bits per heavy atom. The molecule has 0 amide bonds. The number of unbranched alkanes of at least 4 members (excludes halogenated alkanes) is 3. The summed E-state index contributed by atoms with van der Waals surface area (Å²) < 4.78 is 5.21. The van der Waals surface area contributed by atoms with Crippen molar-refractivity contribution in [2.75, 3.05) is 13.7 Å². The summed E-state index contributed by atoms with van der Waals surface area (Å²) in [5, 5.41) is 9.91. The molecule has 1 N–H and O–H groups in total. The molecule has 2 unspecified atom stereocenters. The Labute approximate surface area is 129 Å².